The molecular weight excluding hydrogens is 346 g/mol. The van der Waals surface area contributed by atoms with Crippen LogP contribution in [0.25, 0.3) is 0 Å². The molecule has 0 bridgehead atoms. The molecule has 0 aromatic heterocycles. The van der Waals surface area contributed by atoms with Crippen molar-refractivity contribution in [1.82, 2.24) is 0 Å². The van der Waals surface area contributed by atoms with Gasteiger partial charge in [0.2, 0.25) is 0 Å². The molecule has 1 fully saturated rings. The quantitative estimate of drug-likeness (QED) is 0.812. The van der Waals surface area contributed by atoms with Crippen molar-refractivity contribution in [2.75, 3.05) is 18.5 Å². The van der Waals surface area contributed by atoms with E-state index in [1.54, 1.807) is 18.2 Å². The summed E-state index contributed by atoms with van der Waals surface area (Å²) in [6.07, 6.45) is 1.86. The SMILES string of the molecule is Cc1ccc(C(=O)O)cc1NC(=O)c1ccccc1COC1CCOCC1. The number of carbonyl (C=O) groups excluding carboxylic acids is 1. The van der Waals surface area contributed by atoms with Crippen LogP contribution in [0.5, 0.6) is 0 Å². The first-order valence-corrected chi connectivity index (χ1v) is 8.97. The first kappa shape index (κ1) is 19.1. The average molecular weight is 369 g/mol. The van der Waals surface area contributed by atoms with Crippen molar-refractivity contribution >= 4 is 17.6 Å². The van der Waals surface area contributed by atoms with Crippen LogP contribution in [-0.2, 0) is 16.1 Å². The number of anilines is 1. The van der Waals surface area contributed by atoms with Gasteiger partial charge >= 0.3 is 5.97 Å². The first-order valence-electron chi connectivity index (χ1n) is 8.97. The minimum atomic E-state index is -1.03. The summed E-state index contributed by atoms with van der Waals surface area (Å²) in [7, 11) is 0. The summed E-state index contributed by atoms with van der Waals surface area (Å²) in [5.74, 6) is -1.32. The second-order valence-electron chi connectivity index (χ2n) is 6.57. The minimum absolute atomic E-state index is 0.132. The topological polar surface area (TPSA) is 84.9 Å². The molecule has 0 radical (unpaired) electrons. The predicted octanol–water partition coefficient (Wildman–Crippen LogP) is 3.64. The largest absolute Gasteiger partial charge is 0.478 e. The highest BCUT2D eigenvalue weighted by molar-refractivity contribution is 6.06. The molecule has 0 aliphatic carbocycles. The Balaban J connectivity index is 1.73. The third-order valence-corrected chi connectivity index (χ3v) is 4.64. The highest BCUT2D eigenvalue weighted by Gasteiger charge is 2.17. The number of benzene rings is 2. The number of ether oxygens (including phenoxy) is 2. The molecule has 2 aromatic carbocycles. The normalized spacial score (nSPS) is 14.7. The Morgan fingerprint density at radius 1 is 1.19 bits per heavy atom. The average Bonchev–Trinajstić information content (AvgIpc) is 2.69. The Morgan fingerprint density at radius 2 is 1.93 bits per heavy atom. The van der Waals surface area contributed by atoms with Crippen molar-refractivity contribution < 1.29 is 24.2 Å². The van der Waals surface area contributed by atoms with E-state index in [0.29, 0.717) is 31.1 Å². The third-order valence-electron chi connectivity index (χ3n) is 4.64. The summed E-state index contributed by atoms with van der Waals surface area (Å²) >= 11 is 0. The van der Waals surface area contributed by atoms with Crippen LogP contribution in [0, 0.1) is 6.92 Å². The lowest BCUT2D eigenvalue weighted by Gasteiger charge is -2.23. The summed E-state index contributed by atoms with van der Waals surface area (Å²) < 4.78 is 11.3. The maximum atomic E-state index is 12.8. The molecule has 2 N–H and O–H groups in total. The molecule has 142 valence electrons. The Morgan fingerprint density at radius 3 is 2.67 bits per heavy atom. The lowest BCUT2D eigenvalue weighted by Crippen LogP contribution is -2.24. The second-order valence-corrected chi connectivity index (χ2v) is 6.57. The van der Waals surface area contributed by atoms with Gasteiger partial charge in [-0.2, -0.15) is 0 Å². The van der Waals surface area contributed by atoms with E-state index in [4.69, 9.17) is 14.6 Å². The van der Waals surface area contributed by atoms with E-state index in [0.717, 1.165) is 24.0 Å². The van der Waals surface area contributed by atoms with Crippen molar-refractivity contribution in [2.45, 2.75) is 32.5 Å². The summed E-state index contributed by atoms with van der Waals surface area (Å²) in [6, 6.07) is 11.9. The fourth-order valence-corrected chi connectivity index (χ4v) is 3.00. The van der Waals surface area contributed by atoms with Crippen molar-refractivity contribution in [2.24, 2.45) is 0 Å². The van der Waals surface area contributed by atoms with Gasteiger partial charge < -0.3 is 19.9 Å². The molecule has 6 heteroatoms. The van der Waals surface area contributed by atoms with E-state index in [9.17, 15) is 9.59 Å². The fraction of sp³-hybridized carbons (Fsp3) is 0.333. The van der Waals surface area contributed by atoms with E-state index < -0.39 is 5.97 Å². The van der Waals surface area contributed by atoms with Gasteiger partial charge in [-0.25, -0.2) is 4.79 Å². The number of nitrogens with one attached hydrogen (secondary N) is 1. The zero-order chi connectivity index (χ0) is 19.2. The zero-order valence-electron chi connectivity index (χ0n) is 15.2. The van der Waals surface area contributed by atoms with Crippen LogP contribution in [0.4, 0.5) is 5.69 Å². The summed E-state index contributed by atoms with van der Waals surface area (Å²) in [5.41, 5.74) is 2.73. The molecule has 1 heterocycles. The van der Waals surface area contributed by atoms with Gasteiger partial charge in [-0.1, -0.05) is 24.3 Å². The Hall–Kier alpha value is -2.70. The highest BCUT2D eigenvalue weighted by Crippen LogP contribution is 2.20. The van der Waals surface area contributed by atoms with E-state index in [-0.39, 0.29) is 17.6 Å². The Kier molecular flexibility index (Phi) is 6.21. The number of hydrogen-bond acceptors (Lipinski definition) is 4. The van der Waals surface area contributed by atoms with Gasteiger partial charge in [0, 0.05) is 24.5 Å². The number of carbonyl (C=O) groups is 2. The van der Waals surface area contributed by atoms with Crippen LogP contribution in [0.15, 0.2) is 42.5 Å². The Bertz CT molecular complexity index is 827. The number of carboxylic acids is 1. The Labute approximate surface area is 158 Å². The van der Waals surface area contributed by atoms with Crippen molar-refractivity contribution in [3.63, 3.8) is 0 Å². The number of amides is 1. The van der Waals surface area contributed by atoms with Crippen molar-refractivity contribution in [1.29, 1.82) is 0 Å². The molecule has 1 aliphatic heterocycles. The lowest BCUT2D eigenvalue weighted by atomic mass is 10.1. The molecular formula is C21H23NO5. The molecule has 0 atom stereocenters. The molecule has 0 saturated carbocycles. The van der Waals surface area contributed by atoms with E-state index in [2.05, 4.69) is 5.32 Å². The van der Waals surface area contributed by atoms with Gasteiger partial charge in [-0.15, -0.1) is 0 Å². The van der Waals surface area contributed by atoms with Crippen LogP contribution in [0.1, 0.15) is 44.7 Å². The lowest BCUT2D eigenvalue weighted by molar-refractivity contribution is -0.0391. The molecule has 1 saturated heterocycles. The monoisotopic (exact) mass is 369 g/mol. The molecule has 0 unspecified atom stereocenters. The number of aryl methyl sites for hydroxylation is 1. The van der Waals surface area contributed by atoms with Crippen LogP contribution in [0.3, 0.4) is 0 Å². The first-order chi connectivity index (χ1) is 13.0. The predicted molar refractivity (Wildman–Crippen MR) is 101 cm³/mol. The number of carboxylic acid groups (broad SMARTS) is 1. The van der Waals surface area contributed by atoms with Gasteiger partial charge in [-0.05, 0) is 49.1 Å². The standard InChI is InChI=1S/C21H23NO5/c1-14-6-7-15(21(24)25)12-19(14)22-20(23)18-5-3-2-4-16(18)13-27-17-8-10-26-11-9-17/h2-7,12,17H,8-11,13H2,1H3,(H,22,23)(H,24,25). The van der Waals surface area contributed by atoms with Crippen LogP contribution >= 0.6 is 0 Å². The van der Waals surface area contributed by atoms with Crippen molar-refractivity contribution in [3.8, 4) is 0 Å². The minimum Gasteiger partial charge on any atom is -0.478 e. The maximum absolute atomic E-state index is 12.8. The number of rotatable bonds is 6. The number of hydrogen-bond donors (Lipinski definition) is 2. The molecule has 1 aliphatic rings. The highest BCUT2D eigenvalue weighted by atomic mass is 16.5. The molecule has 0 spiro atoms. The van der Waals surface area contributed by atoms with Gasteiger partial charge in [-0.3, -0.25) is 4.79 Å². The van der Waals surface area contributed by atoms with Gasteiger partial charge in [0.15, 0.2) is 0 Å². The fourth-order valence-electron chi connectivity index (χ4n) is 3.00. The molecule has 2 aromatic rings. The van der Waals surface area contributed by atoms with Gasteiger partial charge in [0.05, 0.1) is 18.3 Å². The third kappa shape index (κ3) is 4.93. The summed E-state index contributed by atoms with van der Waals surface area (Å²) in [4.78, 5) is 24.0. The van der Waals surface area contributed by atoms with E-state index >= 15 is 0 Å². The van der Waals surface area contributed by atoms with Crippen LogP contribution in [-0.4, -0.2) is 36.3 Å². The number of aromatic carboxylic acids is 1. The van der Waals surface area contributed by atoms with E-state index in [1.165, 1.54) is 12.1 Å². The molecule has 27 heavy (non-hydrogen) atoms. The van der Waals surface area contributed by atoms with Gasteiger partial charge in [0.25, 0.3) is 5.91 Å². The van der Waals surface area contributed by atoms with Gasteiger partial charge in [0.1, 0.15) is 0 Å². The summed E-state index contributed by atoms with van der Waals surface area (Å²) in [5, 5.41) is 12.0. The summed E-state index contributed by atoms with van der Waals surface area (Å²) in [6.45, 7) is 3.57. The molecule has 3 rings (SSSR count). The van der Waals surface area contributed by atoms with Crippen LogP contribution < -0.4 is 5.32 Å². The van der Waals surface area contributed by atoms with Crippen molar-refractivity contribution in [3.05, 3.63) is 64.7 Å². The zero-order valence-corrected chi connectivity index (χ0v) is 15.2. The molecule has 1 amide bonds. The second kappa shape index (κ2) is 8.79. The van der Waals surface area contributed by atoms with Crippen LogP contribution in [0.2, 0.25) is 0 Å². The smallest absolute Gasteiger partial charge is 0.335 e. The molecule has 6 nitrogen and oxygen atoms in total. The van der Waals surface area contributed by atoms with E-state index in [1.807, 2.05) is 19.1 Å². The maximum Gasteiger partial charge on any atom is 0.335 e.